The van der Waals surface area contributed by atoms with Gasteiger partial charge in [-0.2, -0.15) is 0 Å². The number of hydrogen-bond acceptors (Lipinski definition) is 7. The van der Waals surface area contributed by atoms with Crippen molar-refractivity contribution in [2.75, 3.05) is 37.7 Å². The maximum absolute atomic E-state index is 12.2. The number of piperidine rings is 1. The van der Waals surface area contributed by atoms with Crippen LogP contribution in [0.1, 0.15) is 23.2 Å². The van der Waals surface area contributed by atoms with Gasteiger partial charge in [0.05, 0.1) is 18.4 Å². The lowest BCUT2D eigenvalue weighted by Crippen LogP contribution is -2.41. The summed E-state index contributed by atoms with van der Waals surface area (Å²) in [4.78, 5) is 21.7. The second-order valence-corrected chi connectivity index (χ2v) is 7.29. The Kier molecular flexibility index (Phi) is 6.36. The average Bonchev–Trinajstić information content (AvgIpc) is 2.72. The molecule has 0 radical (unpaired) electrons. The molecular weight excluding hydrogens is 360 g/mol. The summed E-state index contributed by atoms with van der Waals surface area (Å²) in [5.74, 6) is 0.358. The summed E-state index contributed by atoms with van der Waals surface area (Å²) in [7, 11) is 0. The molecule has 11 heteroatoms. The molecule has 10 nitrogen and oxygen atoms in total. The van der Waals surface area contributed by atoms with E-state index in [1.807, 2.05) is 0 Å². The minimum absolute atomic E-state index is 0.204. The molecule has 1 aromatic heterocycles. The van der Waals surface area contributed by atoms with Crippen LogP contribution in [0.3, 0.4) is 0 Å². The molecule has 3 heterocycles. The Morgan fingerprint density at radius 1 is 1.31 bits per heavy atom. The summed E-state index contributed by atoms with van der Waals surface area (Å²) in [5.41, 5.74) is 1.76. The number of hydroxylamine groups is 1. The Bertz CT molecular complexity index is 663. The standard InChI is InChI=1S/C15H22N6O4S/c22-14(19-23)13-10-16-15(17-11-13)20-3-1-12(2-4-20)9-18-26(24)21-5-7-25-8-6-21/h5,7,10-12,18,23H,1-4,6,8-9H2,(H,19,22). The third-order valence-corrected chi connectivity index (χ3v) is 5.50. The fourth-order valence-corrected chi connectivity index (χ4v) is 3.75. The lowest BCUT2D eigenvalue weighted by Gasteiger charge is -2.32. The molecule has 1 unspecified atom stereocenters. The predicted molar refractivity (Wildman–Crippen MR) is 94.2 cm³/mol. The van der Waals surface area contributed by atoms with E-state index in [2.05, 4.69) is 19.6 Å². The number of aromatic nitrogens is 2. The Morgan fingerprint density at radius 3 is 2.65 bits per heavy atom. The van der Waals surface area contributed by atoms with Gasteiger partial charge in [-0.05, 0) is 18.8 Å². The van der Waals surface area contributed by atoms with Crippen molar-refractivity contribution in [3.05, 3.63) is 30.4 Å². The largest absolute Gasteiger partial charge is 0.498 e. The third-order valence-electron chi connectivity index (χ3n) is 4.36. The zero-order valence-electron chi connectivity index (χ0n) is 14.2. The van der Waals surface area contributed by atoms with Gasteiger partial charge >= 0.3 is 0 Å². The van der Waals surface area contributed by atoms with Gasteiger partial charge in [-0.25, -0.2) is 24.4 Å². The summed E-state index contributed by atoms with van der Waals surface area (Å²) in [6, 6.07) is 0. The summed E-state index contributed by atoms with van der Waals surface area (Å²) in [5, 5.41) is 8.60. The first-order valence-electron chi connectivity index (χ1n) is 8.39. The molecule has 1 saturated heterocycles. The first kappa shape index (κ1) is 18.5. The predicted octanol–water partition coefficient (Wildman–Crippen LogP) is -0.216. The van der Waals surface area contributed by atoms with Crippen LogP contribution in [-0.2, 0) is 15.9 Å². The van der Waals surface area contributed by atoms with E-state index in [1.165, 1.54) is 12.4 Å². The second-order valence-electron chi connectivity index (χ2n) is 6.04. The lowest BCUT2D eigenvalue weighted by atomic mass is 9.97. The first-order valence-corrected chi connectivity index (χ1v) is 9.50. The van der Waals surface area contributed by atoms with E-state index in [1.54, 1.807) is 22.2 Å². The van der Waals surface area contributed by atoms with E-state index in [-0.39, 0.29) is 5.56 Å². The van der Waals surface area contributed by atoms with Gasteiger partial charge in [-0.3, -0.25) is 14.3 Å². The number of ether oxygens (including phenoxy) is 1. The molecule has 0 spiro atoms. The molecule has 3 rings (SSSR count). The fraction of sp³-hybridized carbons (Fsp3) is 0.533. The van der Waals surface area contributed by atoms with Crippen LogP contribution in [0.2, 0.25) is 0 Å². The second kappa shape index (κ2) is 8.92. The zero-order chi connectivity index (χ0) is 18.4. The van der Waals surface area contributed by atoms with Crippen molar-refractivity contribution >= 4 is 23.0 Å². The Hall–Kier alpha value is -2.24. The molecule has 0 aliphatic carbocycles. The van der Waals surface area contributed by atoms with Crippen LogP contribution in [0.15, 0.2) is 24.9 Å². The van der Waals surface area contributed by atoms with Gasteiger partial charge in [-0.1, -0.05) is 0 Å². The van der Waals surface area contributed by atoms with Crippen LogP contribution >= 0.6 is 0 Å². The summed E-state index contributed by atoms with van der Waals surface area (Å²) in [6.45, 7) is 3.42. The van der Waals surface area contributed by atoms with Crippen LogP contribution in [0.4, 0.5) is 5.95 Å². The van der Waals surface area contributed by atoms with Gasteiger partial charge in [0.1, 0.15) is 6.61 Å². The van der Waals surface area contributed by atoms with Crippen LogP contribution in [-0.4, -0.2) is 62.4 Å². The normalized spacial score (nSPS) is 19.1. The topological polar surface area (TPSA) is 120 Å². The van der Waals surface area contributed by atoms with Crippen molar-refractivity contribution in [3.63, 3.8) is 0 Å². The van der Waals surface area contributed by atoms with Crippen LogP contribution in [0.25, 0.3) is 0 Å². The van der Waals surface area contributed by atoms with Gasteiger partial charge in [0, 0.05) is 38.2 Å². The average molecular weight is 382 g/mol. The minimum atomic E-state index is -1.24. The zero-order valence-corrected chi connectivity index (χ0v) is 15.0. The molecule has 1 fully saturated rings. The van der Waals surface area contributed by atoms with E-state index in [0.29, 0.717) is 31.6 Å². The van der Waals surface area contributed by atoms with Gasteiger partial charge in [0.25, 0.3) is 5.91 Å². The number of hydrogen-bond donors (Lipinski definition) is 3. The summed E-state index contributed by atoms with van der Waals surface area (Å²) < 4.78 is 22.1. The molecule has 1 amide bonds. The van der Waals surface area contributed by atoms with Crippen LogP contribution in [0.5, 0.6) is 0 Å². The Balaban J connectivity index is 1.44. The molecule has 1 atom stereocenters. The van der Waals surface area contributed by atoms with Crippen molar-refractivity contribution in [2.45, 2.75) is 12.8 Å². The molecule has 0 aromatic carbocycles. The molecule has 2 aliphatic rings. The highest BCUT2D eigenvalue weighted by molar-refractivity contribution is 7.80. The fourth-order valence-electron chi connectivity index (χ4n) is 2.81. The molecule has 0 saturated carbocycles. The van der Waals surface area contributed by atoms with Gasteiger partial charge in [0.15, 0.2) is 11.2 Å². The monoisotopic (exact) mass is 382 g/mol. The van der Waals surface area contributed by atoms with E-state index in [4.69, 9.17) is 9.94 Å². The summed E-state index contributed by atoms with van der Waals surface area (Å²) in [6.07, 6.45) is 7.89. The molecule has 0 bridgehead atoms. The van der Waals surface area contributed by atoms with Crippen molar-refractivity contribution in [3.8, 4) is 0 Å². The third kappa shape index (κ3) is 4.68. The highest BCUT2D eigenvalue weighted by atomic mass is 32.2. The number of nitrogens with zero attached hydrogens (tertiary/aromatic N) is 4. The Labute approximate surface area is 153 Å². The SMILES string of the molecule is O=C(NO)c1cnc(N2CCC(CNS(=O)N3C=COCC3)CC2)nc1. The van der Waals surface area contributed by atoms with Gasteiger partial charge in [0.2, 0.25) is 5.95 Å². The van der Waals surface area contributed by atoms with Crippen molar-refractivity contribution in [2.24, 2.45) is 5.92 Å². The van der Waals surface area contributed by atoms with Gasteiger partial charge < -0.3 is 9.64 Å². The first-order chi connectivity index (χ1) is 12.7. The molecular formula is C15H22N6O4S. The van der Waals surface area contributed by atoms with E-state index >= 15 is 0 Å². The van der Waals surface area contributed by atoms with E-state index < -0.39 is 17.1 Å². The van der Waals surface area contributed by atoms with E-state index in [0.717, 1.165) is 25.9 Å². The maximum atomic E-state index is 12.2. The number of rotatable bonds is 6. The lowest BCUT2D eigenvalue weighted by molar-refractivity contribution is 0.0705. The number of nitrogens with one attached hydrogen (secondary N) is 2. The number of carbonyl (C=O) groups excluding carboxylic acids is 1. The Morgan fingerprint density at radius 2 is 2.04 bits per heavy atom. The van der Waals surface area contributed by atoms with Crippen molar-refractivity contribution < 1.29 is 18.9 Å². The quantitative estimate of drug-likeness (QED) is 0.460. The molecule has 2 aliphatic heterocycles. The molecule has 142 valence electrons. The number of anilines is 1. The highest BCUT2D eigenvalue weighted by Gasteiger charge is 2.22. The van der Waals surface area contributed by atoms with Crippen LogP contribution in [0, 0.1) is 5.92 Å². The van der Waals surface area contributed by atoms with Crippen molar-refractivity contribution in [1.82, 2.24) is 24.5 Å². The van der Waals surface area contributed by atoms with E-state index in [9.17, 15) is 9.00 Å². The molecule has 1 aromatic rings. The molecule has 26 heavy (non-hydrogen) atoms. The summed E-state index contributed by atoms with van der Waals surface area (Å²) >= 11 is -1.24. The van der Waals surface area contributed by atoms with Crippen molar-refractivity contribution in [1.29, 1.82) is 0 Å². The number of carbonyl (C=O) groups is 1. The van der Waals surface area contributed by atoms with Gasteiger partial charge in [-0.15, -0.1) is 0 Å². The highest BCUT2D eigenvalue weighted by Crippen LogP contribution is 2.20. The van der Waals surface area contributed by atoms with Crippen LogP contribution < -0.4 is 15.1 Å². The number of amides is 1. The maximum Gasteiger partial charge on any atom is 0.277 e. The molecule has 3 N–H and O–H groups in total. The smallest absolute Gasteiger partial charge is 0.277 e. The minimum Gasteiger partial charge on any atom is -0.498 e.